The Morgan fingerprint density at radius 3 is 2.09 bits per heavy atom. The molecule has 0 atom stereocenters. The molecule has 0 aliphatic rings. The van der Waals surface area contributed by atoms with Gasteiger partial charge in [0, 0.05) is 23.3 Å². The third-order valence-corrected chi connectivity index (χ3v) is 3.41. The maximum atomic E-state index is 11.9. The summed E-state index contributed by atoms with van der Waals surface area (Å²) in [6, 6.07) is 18.2. The third-order valence-electron chi connectivity index (χ3n) is 3.41. The van der Waals surface area contributed by atoms with E-state index >= 15 is 0 Å². The Hall–Kier alpha value is -2.29. The largest absolute Gasteiger partial charge is 0.385 e. The molecule has 0 fully saturated rings. The quantitative estimate of drug-likeness (QED) is 0.862. The second kappa shape index (κ2) is 7.12. The first-order chi connectivity index (χ1) is 10.4. The van der Waals surface area contributed by atoms with Crippen molar-refractivity contribution >= 4 is 17.3 Å². The van der Waals surface area contributed by atoms with E-state index in [1.807, 2.05) is 51.1 Å². The van der Waals surface area contributed by atoms with Crippen LogP contribution in [0.25, 0.3) is 0 Å². The fraction of sp³-hybridized carbons (Fsp3) is 0.316. The van der Waals surface area contributed by atoms with Crippen LogP contribution < -0.4 is 10.6 Å². The van der Waals surface area contributed by atoms with Crippen molar-refractivity contribution in [1.29, 1.82) is 0 Å². The lowest BCUT2D eigenvalue weighted by Crippen LogP contribution is -2.27. The molecule has 2 aromatic carbocycles. The van der Waals surface area contributed by atoms with Crippen LogP contribution in [0.1, 0.15) is 26.3 Å². The number of amides is 1. The van der Waals surface area contributed by atoms with Crippen LogP contribution in [-0.4, -0.2) is 12.5 Å². The van der Waals surface area contributed by atoms with Crippen molar-refractivity contribution in [2.24, 2.45) is 5.41 Å². The van der Waals surface area contributed by atoms with E-state index in [-0.39, 0.29) is 11.3 Å². The predicted molar refractivity (Wildman–Crippen MR) is 93.2 cm³/mol. The highest BCUT2D eigenvalue weighted by molar-refractivity contribution is 5.94. The SMILES string of the molecule is CC(C)(C)C(=O)Nc1ccc(NCCc2ccccc2)cc1. The number of carbonyl (C=O) groups excluding carboxylic acids is 1. The minimum atomic E-state index is -0.382. The van der Waals surface area contributed by atoms with E-state index in [1.54, 1.807) is 0 Å². The molecular formula is C19H24N2O. The zero-order valence-electron chi connectivity index (χ0n) is 13.5. The van der Waals surface area contributed by atoms with E-state index in [0.29, 0.717) is 0 Å². The molecule has 116 valence electrons. The summed E-state index contributed by atoms with van der Waals surface area (Å²) in [4.78, 5) is 11.9. The van der Waals surface area contributed by atoms with Crippen LogP contribution >= 0.6 is 0 Å². The lowest BCUT2D eigenvalue weighted by Gasteiger charge is -2.17. The average Bonchev–Trinajstić information content (AvgIpc) is 2.49. The fourth-order valence-electron chi connectivity index (χ4n) is 1.99. The Kier molecular flexibility index (Phi) is 5.21. The monoisotopic (exact) mass is 296 g/mol. The Morgan fingerprint density at radius 1 is 0.909 bits per heavy atom. The summed E-state index contributed by atoms with van der Waals surface area (Å²) in [7, 11) is 0. The molecule has 0 aliphatic heterocycles. The molecule has 0 spiro atoms. The molecule has 0 unspecified atom stereocenters. The van der Waals surface area contributed by atoms with Crippen molar-refractivity contribution in [2.75, 3.05) is 17.2 Å². The number of nitrogens with one attached hydrogen (secondary N) is 2. The van der Waals surface area contributed by atoms with Crippen LogP contribution in [0, 0.1) is 5.41 Å². The summed E-state index contributed by atoms with van der Waals surface area (Å²) in [5, 5.41) is 6.32. The summed E-state index contributed by atoms with van der Waals surface area (Å²) in [5.41, 5.74) is 2.83. The molecule has 0 saturated carbocycles. The van der Waals surface area contributed by atoms with Gasteiger partial charge in [0.15, 0.2) is 0 Å². The summed E-state index contributed by atoms with van der Waals surface area (Å²) in [5.74, 6) is 0.0253. The molecule has 22 heavy (non-hydrogen) atoms. The lowest BCUT2D eigenvalue weighted by molar-refractivity contribution is -0.123. The van der Waals surface area contributed by atoms with E-state index in [0.717, 1.165) is 24.3 Å². The lowest BCUT2D eigenvalue weighted by atomic mass is 9.95. The zero-order valence-corrected chi connectivity index (χ0v) is 13.5. The Labute approximate surface area is 132 Å². The van der Waals surface area contributed by atoms with Gasteiger partial charge in [0.2, 0.25) is 5.91 Å². The molecule has 1 amide bonds. The Morgan fingerprint density at radius 2 is 1.50 bits per heavy atom. The number of hydrogen-bond acceptors (Lipinski definition) is 2. The van der Waals surface area contributed by atoms with E-state index < -0.39 is 0 Å². The van der Waals surface area contributed by atoms with E-state index in [9.17, 15) is 4.79 Å². The summed E-state index contributed by atoms with van der Waals surface area (Å²) in [6.45, 7) is 6.60. The first kappa shape index (κ1) is 16.1. The van der Waals surface area contributed by atoms with Gasteiger partial charge in [-0.15, -0.1) is 0 Å². The van der Waals surface area contributed by atoms with Gasteiger partial charge in [0.25, 0.3) is 0 Å². The van der Waals surface area contributed by atoms with Crippen molar-refractivity contribution < 1.29 is 4.79 Å². The van der Waals surface area contributed by atoms with Crippen LogP contribution in [0.5, 0.6) is 0 Å². The number of hydrogen-bond donors (Lipinski definition) is 2. The molecule has 0 aromatic heterocycles. The van der Waals surface area contributed by atoms with Gasteiger partial charge in [-0.05, 0) is 36.2 Å². The molecule has 0 bridgehead atoms. The van der Waals surface area contributed by atoms with Gasteiger partial charge in [-0.2, -0.15) is 0 Å². The molecule has 0 heterocycles. The van der Waals surface area contributed by atoms with Gasteiger partial charge in [0.05, 0.1) is 0 Å². The van der Waals surface area contributed by atoms with Crippen LogP contribution in [-0.2, 0) is 11.2 Å². The minimum absolute atomic E-state index is 0.0253. The first-order valence-corrected chi connectivity index (χ1v) is 7.64. The van der Waals surface area contributed by atoms with Crippen molar-refractivity contribution in [3.63, 3.8) is 0 Å². The first-order valence-electron chi connectivity index (χ1n) is 7.64. The van der Waals surface area contributed by atoms with Crippen LogP contribution in [0.15, 0.2) is 54.6 Å². The smallest absolute Gasteiger partial charge is 0.229 e. The van der Waals surface area contributed by atoms with Crippen molar-refractivity contribution in [2.45, 2.75) is 27.2 Å². The molecule has 0 aliphatic carbocycles. The molecule has 0 saturated heterocycles. The fourth-order valence-corrected chi connectivity index (χ4v) is 1.99. The number of rotatable bonds is 5. The molecule has 3 nitrogen and oxygen atoms in total. The van der Waals surface area contributed by atoms with Gasteiger partial charge in [-0.3, -0.25) is 4.79 Å². The molecule has 2 aromatic rings. The Bertz CT molecular complexity index is 598. The van der Waals surface area contributed by atoms with Gasteiger partial charge >= 0.3 is 0 Å². The highest BCUT2D eigenvalue weighted by Gasteiger charge is 2.20. The van der Waals surface area contributed by atoms with Gasteiger partial charge in [-0.25, -0.2) is 0 Å². The number of anilines is 2. The molecular weight excluding hydrogens is 272 g/mol. The van der Waals surface area contributed by atoms with Gasteiger partial charge in [-0.1, -0.05) is 51.1 Å². The highest BCUT2D eigenvalue weighted by Crippen LogP contribution is 2.19. The Balaban J connectivity index is 1.83. The molecule has 2 N–H and O–H groups in total. The zero-order chi connectivity index (χ0) is 16.0. The predicted octanol–water partition coefficient (Wildman–Crippen LogP) is 4.33. The molecule has 2 rings (SSSR count). The van der Waals surface area contributed by atoms with E-state index in [2.05, 4.69) is 34.9 Å². The second-order valence-corrected chi connectivity index (χ2v) is 6.44. The molecule has 3 heteroatoms. The number of carbonyl (C=O) groups is 1. The second-order valence-electron chi connectivity index (χ2n) is 6.44. The van der Waals surface area contributed by atoms with Crippen molar-refractivity contribution in [3.8, 4) is 0 Å². The minimum Gasteiger partial charge on any atom is -0.385 e. The van der Waals surface area contributed by atoms with E-state index in [4.69, 9.17) is 0 Å². The maximum Gasteiger partial charge on any atom is 0.229 e. The topological polar surface area (TPSA) is 41.1 Å². The highest BCUT2D eigenvalue weighted by atomic mass is 16.2. The van der Waals surface area contributed by atoms with Gasteiger partial charge in [0.1, 0.15) is 0 Å². The van der Waals surface area contributed by atoms with Crippen LogP contribution in [0.4, 0.5) is 11.4 Å². The average molecular weight is 296 g/mol. The van der Waals surface area contributed by atoms with Crippen LogP contribution in [0.2, 0.25) is 0 Å². The summed E-state index contributed by atoms with van der Waals surface area (Å²) < 4.78 is 0. The van der Waals surface area contributed by atoms with Crippen molar-refractivity contribution in [1.82, 2.24) is 0 Å². The van der Waals surface area contributed by atoms with Gasteiger partial charge < -0.3 is 10.6 Å². The standard InChI is InChI=1S/C19H24N2O/c1-19(2,3)18(22)21-17-11-9-16(10-12-17)20-14-13-15-7-5-4-6-8-15/h4-12,20H,13-14H2,1-3H3,(H,21,22). The van der Waals surface area contributed by atoms with E-state index in [1.165, 1.54) is 5.56 Å². The normalized spacial score (nSPS) is 11.0. The van der Waals surface area contributed by atoms with Crippen molar-refractivity contribution in [3.05, 3.63) is 60.2 Å². The third kappa shape index (κ3) is 4.92. The summed E-state index contributed by atoms with van der Waals surface area (Å²) in [6.07, 6.45) is 0.989. The summed E-state index contributed by atoms with van der Waals surface area (Å²) >= 11 is 0. The molecule has 0 radical (unpaired) electrons. The maximum absolute atomic E-state index is 11.9. The van der Waals surface area contributed by atoms with Crippen LogP contribution in [0.3, 0.4) is 0 Å². The number of benzene rings is 2.